The molecule has 0 fully saturated rings. The molecule has 0 aliphatic carbocycles. The van der Waals surface area contributed by atoms with Gasteiger partial charge in [-0.2, -0.15) is 5.26 Å². The largest absolute Gasteiger partial charge is 0.496 e. The van der Waals surface area contributed by atoms with Crippen molar-refractivity contribution in [2.24, 2.45) is 0 Å². The topological polar surface area (TPSA) is 79.0 Å². The number of methoxy groups -OCH3 is 1. The van der Waals surface area contributed by atoms with Crippen molar-refractivity contribution in [3.63, 3.8) is 0 Å². The first-order chi connectivity index (χ1) is 12.5. The van der Waals surface area contributed by atoms with Gasteiger partial charge in [-0.25, -0.2) is 4.98 Å². The average Bonchev–Trinajstić information content (AvgIpc) is 2.67. The van der Waals surface area contributed by atoms with Crippen molar-refractivity contribution in [1.82, 2.24) is 9.97 Å². The van der Waals surface area contributed by atoms with Crippen molar-refractivity contribution in [2.45, 2.75) is 18.9 Å². The van der Waals surface area contributed by atoms with Crippen LogP contribution in [0.4, 0.5) is 0 Å². The minimum atomic E-state index is -1.65. The Labute approximate surface area is 152 Å². The van der Waals surface area contributed by atoms with Crippen molar-refractivity contribution in [3.05, 3.63) is 72.1 Å². The molecule has 5 heteroatoms. The number of aromatic nitrogens is 2. The fourth-order valence-electron chi connectivity index (χ4n) is 2.89. The molecular weight excluding hydrogens is 326 g/mol. The maximum atomic E-state index is 11.5. The highest BCUT2D eigenvalue weighted by molar-refractivity contribution is 5.74. The molecule has 3 rings (SSSR count). The van der Waals surface area contributed by atoms with Crippen molar-refractivity contribution in [3.8, 4) is 11.8 Å². The van der Waals surface area contributed by atoms with Crippen molar-refractivity contribution in [1.29, 1.82) is 5.26 Å². The molecule has 1 atom stereocenters. The molecule has 26 heavy (non-hydrogen) atoms. The van der Waals surface area contributed by atoms with Crippen LogP contribution in [0.25, 0.3) is 16.6 Å². The van der Waals surface area contributed by atoms with Crippen LogP contribution in [0.1, 0.15) is 30.2 Å². The molecule has 5 nitrogen and oxygen atoms in total. The summed E-state index contributed by atoms with van der Waals surface area (Å²) in [7, 11) is 1.53. The van der Waals surface area contributed by atoms with Crippen LogP contribution in [0.15, 0.2) is 55.2 Å². The van der Waals surface area contributed by atoms with Crippen LogP contribution in [0.5, 0.6) is 5.75 Å². The number of nitrogens with zero attached hydrogens (tertiary/aromatic N) is 3. The molecule has 1 heterocycles. The number of hydrogen-bond donors (Lipinski definition) is 1. The number of para-hydroxylation sites is 2. The molecule has 1 aromatic heterocycles. The van der Waals surface area contributed by atoms with Gasteiger partial charge in [0.15, 0.2) is 0 Å². The third-order valence-electron chi connectivity index (χ3n) is 4.35. The summed E-state index contributed by atoms with van der Waals surface area (Å²) < 4.78 is 5.43. The van der Waals surface area contributed by atoms with Gasteiger partial charge in [0.2, 0.25) is 0 Å². The molecular formula is C21H19N3O2. The van der Waals surface area contributed by atoms with E-state index in [0.717, 1.165) is 16.7 Å². The summed E-state index contributed by atoms with van der Waals surface area (Å²) in [6.07, 6.45) is 1.32. The van der Waals surface area contributed by atoms with Gasteiger partial charge in [0, 0.05) is 5.56 Å². The molecule has 0 aliphatic rings. The van der Waals surface area contributed by atoms with E-state index in [-0.39, 0.29) is 6.42 Å². The Morgan fingerprint density at radius 1 is 1.27 bits per heavy atom. The highest BCUT2D eigenvalue weighted by atomic mass is 16.5. The fourth-order valence-corrected chi connectivity index (χ4v) is 2.89. The van der Waals surface area contributed by atoms with E-state index in [9.17, 15) is 10.4 Å². The molecule has 3 aromatic rings. The number of allylic oxidation sites excluding steroid dienone is 1. The second-order valence-corrected chi connectivity index (χ2v) is 6.13. The molecule has 0 amide bonds. The summed E-state index contributed by atoms with van der Waals surface area (Å²) in [5.74, 6) is 0.475. The van der Waals surface area contributed by atoms with Gasteiger partial charge in [0.25, 0.3) is 0 Å². The third kappa shape index (κ3) is 3.03. The quantitative estimate of drug-likeness (QED) is 0.760. The lowest BCUT2D eigenvalue weighted by atomic mass is 9.85. The minimum absolute atomic E-state index is 0.184. The summed E-state index contributed by atoms with van der Waals surface area (Å²) in [6.45, 7) is 5.83. The number of fused-ring (bicyclic) bond motifs is 1. The molecule has 2 aromatic carbocycles. The van der Waals surface area contributed by atoms with Crippen LogP contribution in [0, 0.1) is 11.3 Å². The highest BCUT2D eigenvalue weighted by Crippen LogP contribution is 2.39. The first-order valence-electron chi connectivity index (χ1n) is 8.15. The van der Waals surface area contributed by atoms with E-state index in [4.69, 9.17) is 4.74 Å². The maximum absolute atomic E-state index is 11.5. The second-order valence-electron chi connectivity index (χ2n) is 6.13. The Bertz CT molecular complexity index is 1020. The molecule has 0 radical (unpaired) electrons. The Balaban J connectivity index is 2.26. The number of aliphatic hydroxyl groups is 1. The molecule has 0 spiro atoms. The van der Waals surface area contributed by atoms with Gasteiger partial charge in [-0.15, -0.1) is 0 Å². The Hall–Kier alpha value is -3.23. The van der Waals surface area contributed by atoms with Crippen molar-refractivity contribution >= 4 is 16.6 Å². The van der Waals surface area contributed by atoms with Crippen molar-refractivity contribution in [2.75, 3.05) is 7.11 Å². The summed E-state index contributed by atoms with van der Waals surface area (Å²) in [5.41, 5.74) is 2.18. The number of benzene rings is 2. The van der Waals surface area contributed by atoms with E-state index < -0.39 is 5.60 Å². The Morgan fingerprint density at radius 3 is 2.65 bits per heavy atom. The number of nitriles is 1. The van der Waals surface area contributed by atoms with E-state index in [0.29, 0.717) is 22.5 Å². The van der Waals surface area contributed by atoms with Gasteiger partial charge in [0.05, 0.1) is 42.5 Å². The molecule has 1 unspecified atom stereocenters. The van der Waals surface area contributed by atoms with Crippen LogP contribution in [0.2, 0.25) is 0 Å². The van der Waals surface area contributed by atoms with E-state index in [1.807, 2.05) is 37.3 Å². The van der Waals surface area contributed by atoms with Gasteiger partial charge in [-0.1, -0.05) is 30.4 Å². The van der Waals surface area contributed by atoms with Crippen LogP contribution in [0.3, 0.4) is 0 Å². The standard InChI is InChI=1S/C21H19N3O2/c1-14(2)15-8-9-19(26-3)16(12-15)21(25,10-11-22)20-13-23-17-6-4-5-7-18(17)24-20/h4-9,12-13,25H,1,10H2,2-3H3. The first-order valence-corrected chi connectivity index (χ1v) is 8.15. The third-order valence-corrected chi connectivity index (χ3v) is 4.35. The zero-order valence-electron chi connectivity index (χ0n) is 14.7. The molecule has 1 N–H and O–H groups in total. The molecule has 0 saturated heterocycles. The van der Waals surface area contributed by atoms with Crippen LogP contribution in [-0.2, 0) is 5.60 Å². The summed E-state index contributed by atoms with van der Waals surface area (Å²) >= 11 is 0. The normalized spacial score (nSPS) is 13.0. The Morgan fingerprint density at radius 2 is 2.00 bits per heavy atom. The highest BCUT2D eigenvalue weighted by Gasteiger charge is 2.37. The lowest BCUT2D eigenvalue weighted by Crippen LogP contribution is -2.29. The molecule has 0 bridgehead atoms. The smallest absolute Gasteiger partial charge is 0.149 e. The van der Waals surface area contributed by atoms with Gasteiger partial charge in [-0.05, 0) is 36.8 Å². The van der Waals surface area contributed by atoms with Crippen molar-refractivity contribution < 1.29 is 9.84 Å². The second kappa shape index (κ2) is 6.95. The maximum Gasteiger partial charge on any atom is 0.149 e. The zero-order valence-corrected chi connectivity index (χ0v) is 14.7. The van der Waals surface area contributed by atoms with Gasteiger partial charge < -0.3 is 9.84 Å². The predicted octanol–water partition coefficient (Wildman–Crippen LogP) is 3.82. The lowest BCUT2D eigenvalue weighted by Gasteiger charge is -2.28. The number of ether oxygens (including phenoxy) is 1. The molecule has 0 saturated carbocycles. The lowest BCUT2D eigenvalue weighted by molar-refractivity contribution is 0.0783. The van der Waals surface area contributed by atoms with E-state index in [1.54, 1.807) is 12.1 Å². The van der Waals surface area contributed by atoms with E-state index in [2.05, 4.69) is 22.6 Å². The fraction of sp³-hybridized carbons (Fsp3) is 0.190. The number of hydrogen-bond acceptors (Lipinski definition) is 5. The first kappa shape index (κ1) is 17.6. The summed E-state index contributed by atoms with van der Waals surface area (Å²) in [5, 5.41) is 20.9. The predicted molar refractivity (Wildman–Crippen MR) is 100 cm³/mol. The summed E-state index contributed by atoms with van der Waals surface area (Å²) in [4.78, 5) is 8.93. The van der Waals surface area contributed by atoms with Gasteiger partial charge >= 0.3 is 0 Å². The average molecular weight is 345 g/mol. The molecule has 0 aliphatic heterocycles. The molecule has 130 valence electrons. The van der Waals surface area contributed by atoms with E-state index in [1.165, 1.54) is 13.3 Å². The van der Waals surface area contributed by atoms with Crippen LogP contribution >= 0.6 is 0 Å². The monoisotopic (exact) mass is 345 g/mol. The van der Waals surface area contributed by atoms with Gasteiger partial charge in [0.1, 0.15) is 11.4 Å². The Kier molecular flexibility index (Phi) is 4.70. The number of rotatable bonds is 5. The van der Waals surface area contributed by atoms with Crippen LogP contribution in [-0.4, -0.2) is 22.2 Å². The minimum Gasteiger partial charge on any atom is -0.496 e. The van der Waals surface area contributed by atoms with E-state index >= 15 is 0 Å². The van der Waals surface area contributed by atoms with Gasteiger partial charge in [-0.3, -0.25) is 4.98 Å². The van der Waals surface area contributed by atoms with Crippen LogP contribution < -0.4 is 4.74 Å². The SMILES string of the molecule is C=C(C)c1ccc(OC)c(C(O)(CC#N)c2cnc3ccccc3n2)c1. The zero-order chi connectivity index (χ0) is 18.7. The summed E-state index contributed by atoms with van der Waals surface area (Å²) in [6, 6.07) is 14.9.